The van der Waals surface area contributed by atoms with Crippen LogP contribution in [0.5, 0.6) is 0 Å². The minimum atomic E-state index is -0.287. The predicted molar refractivity (Wildman–Crippen MR) is 60.3 cm³/mol. The maximum atomic E-state index is 10.7. The maximum Gasteiger partial charge on any atom is 0.302 e. The number of carbonyl (C=O) groups excluding carboxylic acids is 2. The summed E-state index contributed by atoms with van der Waals surface area (Å²) >= 11 is 0. The highest BCUT2D eigenvalue weighted by Crippen LogP contribution is 2.25. The van der Waals surface area contributed by atoms with Gasteiger partial charge in [-0.05, 0) is 12.8 Å². The van der Waals surface area contributed by atoms with Gasteiger partial charge in [0.05, 0.1) is 18.8 Å². The van der Waals surface area contributed by atoms with E-state index in [9.17, 15) is 9.59 Å². The lowest BCUT2D eigenvalue weighted by Crippen LogP contribution is -2.25. The molecule has 0 N–H and O–H groups in total. The average molecular weight is 244 g/mol. The third-order valence-electron chi connectivity index (χ3n) is 2.80. The van der Waals surface area contributed by atoms with E-state index in [1.54, 1.807) is 0 Å². The van der Waals surface area contributed by atoms with Crippen molar-refractivity contribution in [3.05, 3.63) is 0 Å². The molecule has 0 amide bonds. The maximum absolute atomic E-state index is 10.7. The zero-order valence-corrected chi connectivity index (χ0v) is 10.6. The van der Waals surface area contributed by atoms with E-state index in [-0.39, 0.29) is 30.1 Å². The molecule has 0 aromatic heterocycles. The number of ether oxygens (including phenoxy) is 3. The van der Waals surface area contributed by atoms with Crippen molar-refractivity contribution in [1.29, 1.82) is 0 Å². The number of rotatable bonds is 5. The van der Waals surface area contributed by atoms with E-state index < -0.39 is 0 Å². The summed E-state index contributed by atoms with van der Waals surface area (Å²) in [7, 11) is 0. The molecule has 3 atom stereocenters. The summed E-state index contributed by atoms with van der Waals surface area (Å²) < 4.78 is 15.6. The first kappa shape index (κ1) is 14.0. The number of hydrogen-bond acceptors (Lipinski definition) is 5. The van der Waals surface area contributed by atoms with Crippen LogP contribution >= 0.6 is 0 Å². The van der Waals surface area contributed by atoms with Crippen molar-refractivity contribution >= 4 is 11.9 Å². The fourth-order valence-electron chi connectivity index (χ4n) is 1.84. The van der Waals surface area contributed by atoms with Crippen LogP contribution in [0.2, 0.25) is 0 Å². The highest BCUT2D eigenvalue weighted by atomic mass is 16.6. The summed E-state index contributed by atoms with van der Waals surface area (Å²) in [6.45, 7) is 5.45. The van der Waals surface area contributed by atoms with Crippen LogP contribution in [0.4, 0.5) is 0 Å². The van der Waals surface area contributed by atoms with Crippen molar-refractivity contribution in [2.45, 2.75) is 45.8 Å². The first-order valence-electron chi connectivity index (χ1n) is 5.91. The molecule has 1 rings (SSSR count). The fraction of sp³-hybridized carbons (Fsp3) is 0.833. The lowest BCUT2D eigenvalue weighted by atomic mass is 10.0. The molecule has 1 saturated heterocycles. The normalized spacial score (nSPS) is 25.4. The van der Waals surface area contributed by atoms with E-state index in [2.05, 4.69) is 0 Å². The minimum absolute atomic E-state index is 0.0244. The van der Waals surface area contributed by atoms with Gasteiger partial charge in [0.1, 0.15) is 6.61 Å². The number of hydrogen-bond donors (Lipinski definition) is 0. The van der Waals surface area contributed by atoms with Crippen molar-refractivity contribution in [1.82, 2.24) is 0 Å². The van der Waals surface area contributed by atoms with Gasteiger partial charge in [-0.1, -0.05) is 6.92 Å². The summed E-state index contributed by atoms with van der Waals surface area (Å²) in [5, 5.41) is 0. The SMILES string of the molecule is CC(=O)OC[C@H]1CC[C@@H]([C@@H](C)COC(C)=O)O1. The molecule has 5 heteroatoms. The van der Waals surface area contributed by atoms with Gasteiger partial charge in [0.25, 0.3) is 0 Å². The molecule has 17 heavy (non-hydrogen) atoms. The molecule has 0 aromatic rings. The van der Waals surface area contributed by atoms with E-state index in [0.29, 0.717) is 13.2 Å². The van der Waals surface area contributed by atoms with Crippen molar-refractivity contribution in [3.8, 4) is 0 Å². The van der Waals surface area contributed by atoms with Gasteiger partial charge in [-0.2, -0.15) is 0 Å². The van der Waals surface area contributed by atoms with E-state index in [1.807, 2.05) is 6.92 Å². The monoisotopic (exact) mass is 244 g/mol. The van der Waals surface area contributed by atoms with E-state index in [0.717, 1.165) is 12.8 Å². The van der Waals surface area contributed by atoms with Crippen molar-refractivity contribution in [2.75, 3.05) is 13.2 Å². The Bertz CT molecular complexity index is 276. The number of esters is 2. The topological polar surface area (TPSA) is 61.8 Å². The molecule has 0 aromatic carbocycles. The lowest BCUT2D eigenvalue weighted by Gasteiger charge is -2.19. The van der Waals surface area contributed by atoms with Gasteiger partial charge in [-0.15, -0.1) is 0 Å². The Morgan fingerprint density at radius 3 is 2.47 bits per heavy atom. The summed E-state index contributed by atoms with van der Waals surface area (Å²) in [6.07, 6.45) is 1.84. The molecule has 0 unspecified atom stereocenters. The van der Waals surface area contributed by atoms with Crippen LogP contribution < -0.4 is 0 Å². The Labute approximate surface area is 101 Å². The highest BCUT2D eigenvalue weighted by molar-refractivity contribution is 5.66. The molecule has 98 valence electrons. The Balaban J connectivity index is 2.24. The molecular formula is C12H20O5. The van der Waals surface area contributed by atoms with Gasteiger partial charge in [-0.25, -0.2) is 0 Å². The molecule has 0 radical (unpaired) electrons. The fourth-order valence-corrected chi connectivity index (χ4v) is 1.84. The second-order valence-corrected chi connectivity index (χ2v) is 4.46. The molecule has 0 spiro atoms. The summed E-state index contributed by atoms with van der Waals surface area (Å²) in [5.41, 5.74) is 0. The summed E-state index contributed by atoms with van der Waals surface area (Å²) in [4.78, 5) is 21.3. The van der Waals surface area contributed by atoms with E-state index in [1.165, 1.54) is 13.8 Å². The van der Waals surface area contributed by atoms with Crippen LogP contribution in [0.3, 0.4) is 0 Å². The predicted octanol–water partition coefficient (Wildman–Crippen LogP) is 1.30. The lowest BCUT2D eigenvalue weighted by molar-refractivity contribution is -0.148. The van der Waals surface area contributed by atoms with Gasteiger partial charge >= 0.3 is 11.9 Å². The van der Waals surface area contributed by atoms with E-state index >= 15 is 0 Å². The van der Waals surface area contributed by atoms with Gasteiger partial charge in [0.15, 0.2) is 0 Å². The standard InChI is InChI=1S/C12H20O5/c1-8(6-15-9(2)13)12-5-4-11(17-12)7-16-10(3)14/h8,11-12H,4-7H2,1-3H3/t8-,11+,12-/m0/s1. The van der Waals surface area contributed by atoms with Crippen molar-refractivity contribution in [3.63, 3.8) is 0 Å². The Morgan fingerprint density at radius 2 is 1.88 bits per heavy atom. The minimum Gasteiger partial charge on any atom is -0.465 e. The van der Waals surface area contributed by atoms with E-state index in [4.69, 9.17) is 14.2 Å². The molecule has 1 heterocycles. The Morgan fingerprint density at radius 1 is 1.24 bits per heavy atom. The molecule has 0 bridgehead atoms. The van der Waals surface area contributed by atoms with Crippen LogP contribution in [-0.4, -0.2) is 37.4 Å². The van der Waals surface area contributed by atoms with Crippen LogP contribution in [0.1, 0.15) is 33.6 Å². The molecule has 1 aliphatic heterocycles. The quantitative estimate of drug-likeness (QED) is 0.682. The van der Waals surface area contributed by atoms with Gasteiger partial charge in [0, 0.05) is 19.8 Å². The average Bonchev–Trinajstić information content (AvgIpc) is 2.71. The summed E-state index contributed by atoms with van der Waals surface area (Å²) in [6, 6.07) is 0. The van der Waals surface area contributed by atoms with Gasteiger partial charge in [-0.3, -0.25) is 9.59 Å². The second-order valence-electron chi connectivity index (χ2n) is 4.46. The molecule has 0 aliphatic carbocycles. The first-order valence-corrected chi connectivity index (χ1v) is 5.91. The van der Waals surface area contributed by atoms with Crippen molar-refractivity contribution < 1.29 is 23.8 Å². The van der Waals surface area contributed by atoms with Gasteiger partial charge in [0.2, 0.25) is 0 Å². The van der Waals surface area contributed by atoms with Gasteiger partial charge < -0.3 is 14.2 Å². The molecular weight excluding hydrogens is 224 g/mol. The third kappa shape index (κ3) is 5.17. The molecule has 1 fully saturated rings. The van der Waals surface area contributed by atoms with Crippen LogP contribution in [0.25, 0.3) is 0 Å². The second kappa shape index (κ2) is 6.59. The van der Waals surface area contributed by atoms with Crippen molar-refractivity contribution in [2.24, 2.45) is 5.92 Å². The largest absolute Gasteiger partial charge is 0.465 e. The van der Waals surface area contributed by atoms with Crippen LogP contribution in [-0.2, 0) is 23.8 Å². The molecule has 1 aliphatic rings. The Hall–Kier alpha value is -1.10. The smallest absolute Gasteiger partial charge is 0.302 e. The third-order valence-corrected chi connectivity index (χ3v) is 2.80. The zero-order chi connectivity index (χ0) is 12.8. The summed E-state index contributed by atoms with van der Waals surface area (Å²) in [5.74, 6) is -0.391. The zero-order valence-electron chi connectivity index (χ0n) is 10.6. The first-order chi connectivity index (χ1) is 7.99. The van der Waals surface area contributed by atoms with Crippen LogP contribution in [0.15, 0.2) is 0 Å². The Kier molecular flexibility index (Phi) is 5.41. The molecule has 5 nitrogen and oxygen atoms in total. The van der Waals surface area contributed by atoms with Crippen LogP contribution in [0, 0.1) is 5.92 Å². The number of carbonyl (C=O) groups is 2. The highest BCUT2D eigenvalue weighted by Gasteiger charge is 2.30. The molecule has 0 saturated carbocycles.